The summed E-state index contributed by atoms with van der Waals surface area (Å²) in [7, 11) is -3.31. The zero-order valence-electron chi connectivity index (χ0n) is 8.32. The lowest BCUT2D eigenvalue weighted by atomic mass is 10.2. The molecule has 1 aromatic rings. The predicted octanol–water partition coefficient (Wildman–Crippen LogP) is 1.07. The van der Waals surface area contributed by atoms with Crippen molar-refractivity contribution in [1.29, 1.82) is 0 Å². The van der Waals surface area contributed by atoms with E-state index in [0.717, 1.165) is 11.1 Å². The highest BCUT2D eigenvalue weighted by Gasteiger charge is 2.15. The fraction of sp³-hybridized carbons (Fsp3) is 0.400. The van der Waals surface area contributed by atoms with Gasteiger partial charge < -0.3 is 5.11 Å². The van der Waals surface area contributed by atoms with Crippen LogP contribution in [0, 0.1) is 13.8 Å². The van der Waals surface area contributed by atoms with Crippen LogP contribution < -0.4 is 0 Å². The molecule has 1 rings (SSSR count). The third-order valence-electron chi connectivity index (χ3n) is 2.04. The quantitative estimate of drug-likeness (QED) is 0.818. The largest absolute Gasteiger partial charge is 0.395 e. The van der Waals surface area contributed by atoms with E-state index in [2.05, 4.69) is 0 Å². The van der Waals surface area contributed by atoms with Gasteiger partial charge in [0.2, 0.25) is 0 Å². The van der Waals surface area contributed by atoms with Gasteiger partial charge in [0, 0.05) is 0 Å². The maximum absolute atomic E-state index is 11.6. The van der Waals surface area contributed by atoms with Crippen LogP contribution in [-0.4, -0.2) is 25.9 Å². The molecule has 0 saturated carbocycles. The van der Waals surface area contributed by atoms with E-state index in [1.165, 1.54) is 0 Å². The predicted molar refractivity (Wildman–Crippen MR) is 55.1 cm³/mol. The molecule has 1 N–H and O–H groups in total. The van der Waals surface area contributed by atoms with Gasteiger partial charge in [0.1, 0.15) is 0 Å². The lowest BCUT2D eigenvalue weighted by Gasteiger charge is -2.06. The molecule has 14 heavy (non-hydrogen) atoms. The fourth-order valence-corrected chi connectivity index (χ4v) is 2.66. The Hall–Kier alpha value is -0.870. The van der Waals surface area contributed by atoms with E-state index in [1.54, 1.807) is 19.1 Å². The minimum absolute atomic E-state index is 0.211. The van der Waals surface area contributed by atoms with Crippen molar-refractivity contribution in [2.75, 3.05) is 12.4 Å². The Bertz CT molecular complexity index is 421. The number of aliphatic hydroxyl groups is 1. The molecule has 0 amide bonds. The molecule has 0 atom stereocenters. The molecular formula is C10H14O3S. The number of aryl methyl sites for hydroxylation is 2. The Morgan fingerprint density at radius 2 is 1.93 bits per heavy atom. The van der Waals surface area contributed by atoms with Gasteiger partial charge in [-0.25, -0.2) is 8.42 Å². The van der Waals surface area contributed by atoms with Crippen molar-refractivity contribution in [2.45, 2.75) is 18.7 Å². The molecule has 0 aliphatic heterocycles. The fourth-order valence-electron chi connectivity index (χ4n) is 1.27. The number of hydrogen-bond donors (Lipinski definition) is 1. The minimum Gasteiger partial charge on any atom is -0.395 e. The van der Waals surface area contributed by atoms with Crippen LogP contribution in [0.1, 0.15) is 11.1 Å². The first kappa shape index (κ1) is 11.2. The summed E-state index contributed by atoms with van der Waals surface area (Å²) in [5.41, 5.74) is 1.64. The van der Waals surface area contributed by atoms with Gasteiger partial charge in [-0.15, -0.1) is 0 Å². The molecule has 1 aromatic carbocycles. The number of benzene rings is 1. The normalized spacial score (nSPS) is 11.6. The van der Waals surface area contributed by atoms with Crippen molar-refractivity contribution in [2.24, 2.45) is 0 Å². The zero-order chi connectivity index (χ0) is 10.8. The molecule has 0 unspecified atom stereocenters. The van der Waals surface area contributed by atoms with Crippen LogP contribution in [0.5, 0.6) is 0 Å². The Morgan fingerprint density at radius 3 is 2.50 bits per heavy atom. The second-order valence-corrected chi connectivity index (χ2v) is 5.39. The lowest BCUT2D eigenvalue weighted by Crippen LogP contribution is -2.11. The Labute approximate surface area is 84.3 Å². The third-order valence-corrected chi connectivity index (χ3v) is 3.87. The molecule has 0 saturated heterocycles. The molecule has 0 aliphatic carbocycles. The summed E-state index contributed by atoms with van der Waals surface area (Å²) >= 11 is 0. The number of aliphatic hydroxyl groups excluding tert-OH is 1. The van der Waals surface area contributed by atoms with E-state index >= 15 is 0 Å². The van der Waals surface area contributed by atoms with Gasteiger partial charge in [0.15, 0.2) is 9.84 Å². The molecule has 0 heterocycles. The molecule has 0 spiro atoms. The smallest absolute Gasteiger partial charge is 0.180 e. The Morgan fingerprint density at radius 1 is 1.29 bits per heavy atom. The first-order valence-electron chi connectivity index (χ1n) is 4.38. The van der Waals surface area contributed by atoms with Crippen molar-refractivity contribution in [3.05, 3.63) is 29.3 Å². The Balaban J connectivity index is 3.25. The molecule has 0 aromatic heterocycles. The summed E-state index contributed by atoms with van der Waals surface area (Å²) in [6, 6.07) is 5.28. The molecule has 0 aliphatic rings. The summed E-state index contributed by atoms with van der Waals surface area (Å²) < 4.78 is 23.3. The third kappa shape index (κ3) is 2.33. The molecular weight excluding hydrogens is 200 g/mol. The summed E-state index contributed by atoms with van der Waals surface area (Å²) in [6.45, 7) is 3.26. The van der Waals surface area contributed by atoms with E-state index in [1.807, 2.05) is 13.0 Å². The van der Waals surface area contributed by atoms with Gasteiger partial charge in [-0.2, -0.15) is 0 Å². The van der Waals surface area contributed by atoms with Crippen molar-refractivity contribution >= 4 is 9.84 Å². The van der Waals surface area contributed by atoms with Crippen LogP contribution in [0.15, 0.2) is 23.1 Å². The molecule has 78 valence electrons. The summed E-state index contributed by atoms with van der Waals surface area (Å²) in [5, 5.41) is 8.64. The number of sulfone groups is 1. The van der Waals surface area contributed by atoms with Crippen LogP contribution in [0.4, 0.5) is 0 Å². The number of hydrogen-bond acceptors (Lipinski definition) is 3. The van der Waals surface area contributed by atoms with Gasteiger partial charge in [-0.3, -0.25) is 0 Å². The lowest BCUT2D eigenvalue weighted by molar-refractivity contribution is 0.319. The van der Waals surface area contributed by atoms with Crippen LogP contribution >= 0.6 is 0 Å². The van der Waals surface area contributed by atoms with Gasteiger partial charge in [-0.1, -0.05) is 12.1 Å². The van der Waals surface area contributed by atoms with E-state index in [0.29, 0.717) is 4.90 Å². The second kappa shape index (κ2) is 4.11. The molecule has 4 heteroatoms. The standard InChI is InChI=1S/C10H14O3S/c1-8-3-4-9(2)10(7-8)14(12,13)6-5-11/h3-4,7,11H,5-6H2,1-2H3. The zero-order valence-corrected chi connectivity index (χ0v) is 9.13. The highest BCUT2D eigenvalue weighted by Crippen LogP contribution is 2.17. The maximum Gasteiger partial charge on any atom is 0.180 e. The van der Waals surface area contributed by atoms with E-state index in [9.17, 15) is 8.42 Å². The van der Waals surface area contributed by atoms with Gasteiger partial charge >= 0.3 is 0 Å². The Kier molecular flexibility index (Phi) is 3.29. The first-order chi connectivity index (χ1) is 6.47. The summed E-state index contributed by atoms with van der Waals surface area (Å²) in [4.78, 5) is 0.326. The topological polar surface area (TPSA) is 54.4 Å². The van der Waals surface area contributed by atoms with Crippen LogP contribution in [0.25, 0.3) is 0 Å². The van der Waals surface area contributed by atoms with Crippen molar-refractivity contribution < 1.29 is 13.5 Å². The van der Waals surface area contributed by atoms with Crippen molar-refractivity contribution in [3.63, 3.8) is 0 Å². The van der Waals surface area contributed by atoms with E-state index in [-0.39, 0.29) is 12.4 Å². The average molecular weight is 214 g/mol. The van der Waals surface area contributed by atoms with Gasteiger partial charge in [0.25, 0.3) is 0 Å². The summed E-state index contributed by atoms with van der Waals surface area (Å²) in [6.07, 6.45) is 0. The highest BCUT2D eigenvalue weighted by molar-refractivity contribution is 7.91. The van der Waals surface area contributed by atoms with Crippen LogP contribution in [0.2, 0.25) is 0 Å². The van der Waals surface area contributed by atoms with Gasteiger partial charge in [0.05, 0.1) is 17.3 Å². The van der Waals surface area contributed by atoms with Gasteiger partial charge in [-0.05, 0) is 31.0 Å². The minimum atomic E-state index is -3.31. The van der Waals surface area contributed by atoms with Crippen LogP contribution in [-0.2, 0) is 9.84 Å². The van der Waals surface area contributed by atoms with Crippen LogP contribution in [0.3, 0.4) is 0 Å². The highest BCUT2D eigenvalue weighted by atomic mass is 32.2. The molecule has 0 bridgehead atoms. The molecule has 0 fully saturated rings. The SMILES string of the molecule is Cc1ccc(C)c(S(=O)(=O)CCO)c1. The van der Waals surface area contributed by atoms with Crippen molar-refractivity contribution in [1.82, 2.24) is 0 Å². The van der Waals surface area contributed by atoms with Crippen molar-refractivity contribution in [3.8, 4) is 0 Å². The first-order valence-corrected chi connectivity index (χ1v) is 6.03. The van der Waals surface area contributed by atoms with E-state index in [4.69, 9.17) is 5.11 Å². The second-order valence-electron chi connectivity index (χ2n) is 3.31. The summed E-state index contributed by atoms with van der Waals surface area (Å²) in [5.74, 6) is -0.211. The average Bonchev–Trinajstić information content (AvgIpc) is 2.09. The monoisotopic (exact) mass is 214 g/mol. The molecule has 3 nitrogen and oxygen atoms in total. The number of rotatable bonds is 3. The maximum atomic E-state index is 11.6. The molecule has 0 radical (unpaired) electrons. The van der Waals surface area contributed by atoms with E-state index < -0.39 is 9.84 Å².